The van der Waals surface area contributed by atoms with E-state index in [1.165, 1.54) is 17.3 Å². The Labute approximate surface area is 163 Å². The van der Waals surface area contributed by atoms with Gasteiger partial charge in [0.1, 0.15) is 5.69 Å². The van der Waals surface area contributed by atoms with Crippen LogP contribution in [0.25, 0.3) is 11.5 Å². The molecule has 140 valence electrons. The van der Waals surface area contributed by atoms with E-state index in [0.29, 0.717) is 23.4 Å². The van der Waals surface area contributed by atoms with Crippen LogP contribution in [0.1, 0.15) is 32.3 Å². The summed E-state index contributed by atoms with van der Waals surface area (Å²) in [6.07, 6.45) is 1.73. The summed E-state index contributed by atoms with van der Waals surface area (Å²) >= 11 is 1.37. The Morgan fingerprint density at radius 2 is 1.93 bits per heavy atom. The number of thioether (sulfide) groups is 1. The number of carbonyl (C=O) groups is 1. The van der Waals surface area contributed by atoms with E-state index in [-0.39, 0.29) is 11.7 Å². The maximum absolute atomic E-state index is 12.3. The molecule has 6 nitrogen and oxygen atoms in total. The third kappa shape index (κ3) is 4.74. The van der Waals surface area contributed by atoms with Gasteiger partial charge in [-0.05, 0) is 42.7 Å². The monoisotopic (exact) mass is 381 g/mol. The van der Waals surface area contributed by atoms with Gasteiger partial charge in [-0.1, -0.05) is 43.8 Å². The summed E-state index contributed by atoms with van der Waals surface area (Å²) in [6, 6.07) is 13.6. The van der Waals surface area contributed by atoms with Crippen molar-refractivity contribution in [2.45, 2.75) is 38.4 Å². The maximum atomic E-state index is 12.3. The molecule has 0 bridgehead atoms. The number of rotatable bonds is 7. The molecule has 2 aromatic heterocycles. The first-order valence-corrected chi connectivity index (χ1v) is 9.94. The van der Waals surface area contributed by atoms with E-state index in [0.717, 1.165) is 11.4 Å². The number of nitrogens with one attached hydrogen (secondary N) is 1. The van der Waals surface area contributed by atoms with Crippen molar-refractivity contribution in [3.63, 3.8) is 0 Å². The molecule has 0 atom stereocenters. The van der Waals surface area contributed by atoms with Crippen LogP contribution in [0.4, 0.5) is 5.69 Å². The summed E-state index contributed by atoms with van der Waals surface area (Å²) in [5.41, 5.74) is 2.82. The molecule has 1 aromatic carbocycles. The first-order chi connectivity index (χ1) is 13.1. The van der Waals surface area contributed by atoms with Crippen LogP contribution in [0.2, 0.25) is 0 Å². The SMILES string of the molecule is CCn1c(SCC(=O)Nc2ccc(C(C)C)cc2)nnc1-c1ccccn1. The van der Waals surface area contributed by atoms with Crippen LogP contribution in [0.15, 0.2) is 53.8 Å². The Hall–Kier alpha value is -2.67. The lowest BCUT2D eigenvalue weighted by atomic mass is 10.0. The van der Waals surface area contributed by atoms with Gasteiger partial charge >= 0.3 is 0 Å². The van der Waals surface area contributed by atoms with Crippen molar-refractivity contribution < 1.29 is 4.79 Å². The van der Waals surface area contributed by atoms with Crippen LogP contribution >= 0.6 is 11.8 Å². The Kier molecular flexibility index (Phi) is 6.24. The normalized spacial score (nSPS) is 11.0. The molecule has 27 heavy (non-hydrogen) atoms. The number of hydrogen-bond acceptors (Lipinski definition) is 5. The second-order valence-electron chi connectivity index (χ2n) is 6.38. The Morgan fingerprint density at radius 1 is 1.15 bits per heavy atom. The highest BCUT2D eigenvalue weighted by Crippen LogP contribution is 2.23. The minimum Gasteiger partial charge on any atom is -0.325 e. The fourth-order valence-corrected chi connectivity index (χ4v) is 3.45. The van der Waals surface area contributed by atoms with Crippen LogP contribution in [0, 0.1) is 0 Å². The largest absolute Gasteiger partial charge is 0.325 e. The minimum atomic E-state index is -0.0673. The number of carbonyl (C=O) groups excluding carboxylic acids is 1. The second-order valence-corrected chi connectivity index (χ2v) is 7.32. The Bertz CT molecular complexity index is 890. The highest BCUT2D eigenvalue weighted by atomic mass is 32.2. The van der Waals surface area contributed by atoms with E-state index < -0.39 is 0 Å². The molecule has 0 radical (unpaired) electrons. The fourth-order valence-electron chi connectivity index (χ4n) is 2.64. The summed E-state index contributed by atoms with van der Waals surface area (Å²) in [5, 5.41) is 12.1. The number of aromatic nitrogens is 4. The van der Waals surface area contributed by atoms with Gasteiger partial charge in [0, 0.05) is 18.4 Å². The van der Waals surface area contributed by atoms with Crippen LogP contribution in [-0.4, -0.2) is 31.4 Å². The molecule has 0 fully saturated rings. The molecule has 0 aliphatic heterocycles. The van der Waals surface area contributed by atoms with Crippen LogP contribution in [-0.2, 0) is 11.3 Å². The predicted octanol–water partition coefficient (Wildman–Crippen LogP) is 4.21. The van der Waals surface area contributed by atoms with Crippen molar-refractivity contribution in [1.29, 1.82) is 0 Å². The number of anilines is 1. The van der Waals surface area contributed by atoms with Crippen molar-refractivity contribution in [2.24, 2.45) is 0 Å². The third-order valence-electron chi connectivity index (χ3n) is 4.12. The minimum absolute atomic E-state index is 0.0673. The first kappa shape index (κ1) is 19.1. The lowest BCUT2D eigenvalue weighted by Gasteiger charge is -2.09. The molecule has 7 heteroatoms. The Morgan fingerprint density at radius 3 is 2.56 bits per heavy atom. The standard InChI is InChI=1S/C20H23N5OS/c1-4-25-19(17-7-5-6-12-21-17)23-24-20(25)27-13-18(26)22-16-10-8-15(9-11-16)14(2)3/h5-12,14H,4,13H2,1-3H3,(H,22,26). The predicted molar refractivity (Wildman–Crippen MR) is 109 cm³/mol. The third-order valence-corrected chi connectivity index (χ3v) is 5.09. The zero-order valence-corrected chi connectivity index (χ0v) is 16.5. The smallest absolute Gasteiger partial charge is 0.234 e. The van der Waals surface area contributed by atoms with Gasteiger partial charge in [0.2, 0.25) is 5.91 Å². The zero-order chi connectivity index (χ0) is 19.2. The molecule has 0 aliphatic carbocycles. The summed E-state index contributed by atoms with van der Waals surface area (Å²) < 4.78 is 1.97. The molecule has 1 N–H and O–H groups in total. The van der Waals surface area contributed by atoms with Crippen LogP contribution in [0.5, 0.6) is 0 Å². The maximum Gasteiger partial charge on any atom is 0.234 e. The van der Waals surface area contributed by atoms with Gasteiger partial charge in [-0.25, -0.2) is 0 Å². The molecule has 3 aromatic rings. The average Bonchev–Trinajstić information content (AvgIpc) is 3.10. The molecule has 0 saturated carbocycles. The zero-order valence-electron chi connectivity index (χ0n) is 15.7. The number of hydrogen-bond donors (Lipinski definition) is 1. The molecule has 2 heterocycles. The van der Waals surface area contributed by atoms with E-state index in [9.17, 15) is 4.79 Å². The van der Waals surface area contributed by atoms with Crippen LogP contribution in [0.3, 0.4) is 0 Å². The molecule has 0 unspecified atom stereocenters. The molecular weight excluding hydrogens is 358 g/mol. The first-order valence-electron chi connectivity index (χ1n) is 8.95. The van der Waals surface area contributed by atoms with E-state index in [4.69, 9.17) is 0 Å². The van der Waals surface area contributed by atoms with E-state index in [1.807, 2.05) is 54.0 Å². The number of amides is 1. The van der Waals surface area contributed by atoms with E-state index >= 15 is 0 Å². The van der Waals surface area contributed by atoms with Crippen molar-refractivity contribution >= 4 is 23.4 Å². The Balaban J connectivity index is 1.63. The molecule has 3 rings (SSSR count). The van der Waals surface area contributed by atoms with Gasteiger partial charge in [-0.15, -0.1) is 10.2 Å². The average molecular weight is 382 g/mol. The van der Waals surface area contributed by atoms with Gasteiger partial charge in [-0.3, -0.25) is 9.78 Å². The van der Waals surface area contributed by atoms with Crippen molar-refractivity contribution in [1.82, 2.24) is 19.7 Å². The summed E-state index contributed by atoms with van der Waals surface area (Å²) in [6.45, 7) is 7.02. The molecule has 0 spiro atoms. The summed E-state index contributed by atoms with van der Waals surface area (Å²) in [4.78, 5) is 16.6. The highest BCUT2D eigenvalue weighted by Gasteiger charge is 2.15. The topological polar surface area (TPSA) is 72.7 Å². The highest BCUT2D eigenvalue weighted by molar-refractivity contribution is 7.99. The van der Waals surface area contributed by atoms with Crippen molar-refractivity contribution in [2.75, 3.05) is 11.1 Å². The number of nitrogens with zero attached hydrogens (tertiary/aromatic N) is 4. The quantitative estimate of drug-likeness (QED) is 0.621. The van der Waals surface area contributed by atoms with Gasteiger partial charge in [0.15, 0.2) is 11.0 Å². The van der Waals surface area contributed by atoms with E-state index in [1.54, 1.807) is 6.20 Å². The number of pyridine rings is 1. The van der Waals surface area contributed by atoms with Gasteiger partial charge in [0.25, 0.3) is 0 Å². The van der Waals surface area contributed by atoms with Gasteiger partial charge < -0.3 is 9.88 Å². The van der Waals surface area contributed by atoms with Crippen LogP contribution < -0.4 is 5.32 Å². The van der Waals surface area contributed by atoms with Gasteiger partial charge in [0.05, 0.1) is 5.75 Å². The molecule has 0 saturated heterocycles. The molecule has 0 aliphatic rings. The fraction of sp³-hybridized carbons (Fsp3) is 0.300. The van der Waals surface area contributed by atoms with Crippen molar-refractivity contribution in [3.8, 4) is 11.5 Å². The molecule has 1 amide bonds. The molecular formula is C20H23N5OS. The van der Waals surface area contributed by atoms with E-state index in [2.05, 4.69) is 34.3 Å². The van der Waals surface area contributed by atoms with Gasteiger partial charge in [-0.2, -0.15) is 0 Å². The lowest BCUT2D eigenvalue weighted by molar-refractivity contribution is -0.113. The summed E-state index contributed by atoms with van der Waals surface area (Å²) in [7, 11) is 0. The van der Waals surface area contributed by atoms with Crippen molar-refractivity contribution in [3.05, 3.63) is 54.2 Å². The number of benzene rings is 1. The summed E-state index contributed by atoms with van der Waals surface area (Å²) in [5.74, 6) is 1.39. The lowest BCUT2D eigenvalue weighted by Crippen LogP contribution is -2.14. The second kappa shape index (κ2) is 8.81.